The molecule has 0 bridgehead atoms. The van der Waals surface area contributed by atoms with E-state index in [0.29, 0.717) is 12.3 Å². The van der Waals surface area contributed by atoms with Crippen LogP contribution in [0.3, 0.4) is 0 Å². The number of nitrogens with one attached hydrogen (secondary N) is 1. The maximum atomic E-state index is 13.1. The van der Waals surface area contributed by atoms with Crippen LogP contribution in [0.25, 0.3) is 0 Å². The molecular formula is C24H31BrN2O3. The molecule has 162 valence electrons. The zero-order valence-electron chi connectivity index (χ0n) is 18.4. The Morgan fingerprint density at radius 2 is 1.67 bits per heavy atom. The molecule has 2 rings (SSSR count). The average Bonchev–Trinajstić information content (AvgIpc) is 2.70. The van der Waals surface area contributed by atoms with E-state index in [4.69, 9.17) is 4.74 Å². The van der Waals surface area contributed by atoms with Crippen LogP contribution in [0.4, 0.5) is 0 Å². The van der Waals surface area contributed by atoms with Gasteiger partial charge in [0.15, 0.2) is 6.61 Å². The molecule has 6 heteroatoms. The second-order valence-corrected chi connectivity index (χ2v) is 8.67. The van der Waals surface area contributed by atoms with Crippen LogP contribution in [0, 0.1) is 13.8 Å². The summed E-state index contributed by atoms with van der Waals surface area (Å²) in [6.07, 6.45) is 0.828. The molecule has 0 saturated carbocycles. The lowest BCUT2D eigenvalue weighted by Gasteiger charge is -2.29. The Labute approximate surface area is 187 Å². The van der Waals surface area contributed by atoms with Gasteiger partial charge < -0.3 is 15.0 Å². The van der Waals surface area contributed by atoms with Crippen LogP contribution < -0.4 is 10.1 Å². The van der Waals surface area contributed by atoms with E-state index in [1.165, 1.54) is 0 Å². The lowest BCUT2D eigenvalue weighted by molar-refractivity contribution is -0.142. The number of hydrogen-bond acceptors (Lipinski definition) is 3. The summed E-state index contributed by atoms with van der Waals surface area (Å²) in [6, 6.07) is 13.0. The molecule has 0 radical (unpaired) electrons. The standard InChI is InChI=1S/C24H31BrN2O3/c1-6-18(4)26-24(29)19(5)27(14-20-7-9-21(25)10-8-20)23(28)15-30-22-12-16(2)11-17(3)13-22/h7-13,18-19H,6,14-15H2,1-5H3,(H,26,29)/t18-,19+/m1/s1. The maximum Gasteiger partial charge on any atom is 0.261 e. The number of carbonyl (C=O) groups excluding carboxylic acids is 2. The fourth-order valence-corrected chi connectivity index (χ4v) is 3.34. The Hall–Kier alpha value is -2.34. The van der Waals surface area contributed by atoms with Gasteiger partial charge in [0.2, 0.25) is 5.91 Å². The van der Waals surface area contributed by atoms with E-state index in [2.05, 4.69) is 27.3 Å². The number of nitrogens with zero attached hydrogens (tertiary/aromatic N) is 1. The van der Waals surface area contributed by atoms with E-state index in [1.807, 2.05) is 64.1 Å². The van der Waals surface area contributed by atoms with Gasteiger partial charge in [0.1, 0.15) is 11.8 Å². The molecule has 0 heterocycles. The predicted molar refractivity (Wildman–Crippen MR) is 123 cm³/mol. The van der Waals surface area contributed by atoms with Gasteiger partial charge in [-0.3, -0.25) is 9.59 Å². The Morgan fingerprint density at radius 1 is 1.07 bits per heavy atom. The van der Waals surface area contributed by atoms with E-state index < -0.39 is 6.04 Å². The van der Waals surface area contributed by atoms with Crippen molar-refractivity contribution in [2.75, 3.05) is 6.61 Å². The van der Waals surface area contributed by atoms with E-state index in [9.17, 15) is 9.59 Å². The van der Waals surface area contributed by atoms with Gasteiger partial charge in [-0.1, -0.05) is 41.1 Å². The van der Waals surface area contributed by atoms with Gasteiger partial charge in [-0.25, -0.2) is 0 Å². The molecule has 0 aromatic heterocycles. The van der Waals surface area contributed by atoms with E-state index in [0.717, 1.165) is 27.6 Å². The van der Waals surface area contributed by atoms with Gasteiger partial charge in [-0.05, 0) is 75.1 Å². The number of rotatable bonds is 9. The summed E-state index contributed by atoms with van der Waals surface area (Å²) in [7, 11) is 0. The summed E-state index contributed by atoms with van der Waals surface area (Å²) < 4.78 is 6.73. The maximum absolute atomic E-state index is 13.1. The number of halogens is 1. The fourth-order valence-electron chi connectivity index (χ4n) is 3.08. The summed E-state index contributed by atoms with van der Waals surface area (Å²) in [5.74, 6) is 0.256. The van der Waals surface area contributed by atoms with Crippen LogP contribution in [0.5, 0.6) is 5.75 Å². The van der Waals surface area contributed by atoms with Crippen LogP contribution in [0.2, 0.25) is 0 Å². The van der Waals surface area contributed by atoms with Crippen LogP contribution in [-0.4, -0.2) is 35.4 Å². The van der Waals surface area contributed by atoms with Crippen LogP contribution in [0.1, 0.15) is 43.9 Å². The fraction of sp³-hybridized carbons (Fsp3) is 0.417. The smallest absolute Gasteiger partial charge is 0.261 e. The molecule has 0 unspecified atom stereocenters. The van der Waals surface area contributed by atoms with Gasteiger partial charge in [0, 0.05) is 17.1 Å². The second-order valence-electron chi connectivity index (χ2n) is 7.75. The van der Waals surface area contributed by atoms with Gasteiger partial charge in [-0.2, -0.15) is 0 Å². The second kappa shape index (κ2) is 11.2. The quantitative estimate of drug-likeness (QED) is 0.568. The van der Waals surface area contributed by atoms with Crippen LogP contribution >= 0.6 is 15.9 Å². The first kappa shape index (κ1) is 23.9. The average molecular weight is 475 g/mol. The van der Waals surface area contributed by atoms with Gasteiger partial charge >= 0.3 is 0 Å². The monoisotopic (exact) mass is 474 g/mol. The Bertz CT molecular complexity index is 847. The molecule has 5 nitrogen and oxygen atoms in total. The van der Waals surface area contributed by atoms with Crippen molar-refractivity contribution in [2.45, 2.75) is 59.7 Å². The third-order valence-electron chi connectivity index (χ3n) is 4.99. The third-order valence-corrected chi connectivity index (χ3v) is 5.52. The molecule has 0 aliphatic heterocycles. The highest BCUT2D eigenvalue weighted by Crippen LogP contribution is 2.18. The first-order valence-electron chi connectivity index (χ1n) is 10.2. The third kappa shape index (κ3) is 7.17. The van der Waals surface area contributed by atoms with Gasteiger partial charge in [0.25, 0.3) is 5.91 Å². The first-order chi connectivity index (χ1) is 14.2. The number of amides is 2. The lowest BCUT2D eigenvalue weighted by atomic mass is 10.1. The molecule has 30 heavy (non-hydrogen) atoms. The molecule has 0 spiro atoms. The topological polar surface area (TPSA) is 58.6 Å². The molecule has 0 saturated heterocycles. The molecule has 2 aromatic rings. The number of aryl methyl sites for hydroxylation is 2. The molecule has 0 fully saturated rings. The van der Waals surface area contributed by atoms with Crippen LogP contribution in [-0.2, 0) is 16.1 Å². The number of hydrogen-bond donors (Lipinski definition) is 1. The highest BCUT2D eigenvalue weighted by Gasteiger charge is 2.27. The molecule has 0 aliphatic carbocycles. The molecule has 2 aromatic carbocycles. The van der Waals surface area contributed by atoms with Crippen molar-refractivity contribution in [3.8, 4) is 5.75 Å². The van der Waals surface area contributed by atoms with Crippen molar-refractivity contribution in [3.63, 3.8) is 0 Å². The molecular weight excluding hydrogens is 444 g/mol. The molecule has 0 aliphatic rings. The lowest BCUT2D eigenvalue weighted by Crippen LogP contribution is -2.50. The highest BCUT2D eigenvalue weighted by molar-refractivity contribution is 9.10. The normalized spacial score (nSPS) is 12.7. The van der Waals surface area contributed by atoms with Crippen LogP contribution in [0.15, 0.2) is 46.9 Å². The molecule has 2 amide bonds. The van der Waals surface area contributed by atoms with Gasteiger partial charge in [-0.15, -0.1) is 0 Å². The summed E-state index contributed by atoms with van der Waals surface area (Å²) in [5, 5.41) is 2.97. The van der Waals surface area contributed by atoms with Crippen molar-refractivity contribution in [1.82, 2.24) is 10.2 Å². The Balaban J connectivity index is 2.16. The zero-order chi connectivity index (χ0) is 22.3. The largest absolute Gasteiger partial charge is 0.484 e. The Morgan fingerprint density at radius 3 is 2.23 bits per heavy atom. The minimum absolute atomic E-state index is 0.0519. The highest BCUT2D eigenvalue weighted by atomic mass is 79.9. The summed E-state index contributed by atoms with van der Waals surface area (Å²) in [4.78, 5) is 27.4. The van der Waals surface area contributed by atoms with Crippen molar-refractivity contribution < 1.29 is 14.3 Å². The summed E-state index contributed by atoms with van der Waals surface area (Å²) in [5.41, 5.74) is 3.09. The first-order valence-corrected chi connectivity index (χ1v) is 11.0. The zero-order valence-corrected chi connectivity index (χ0v) is 20.0. The van der Waals surface area contributed by atoms with Crippen molar-refractivity contribution in [2.24, 2.45) is 0 Å². The van der Waals surface area contributed by atoms with Crippen molar-refractivity contribution >= 4 is 27.7 Å². The minimum Gasteiger partial charge on any atom is -0.484 e. The number of benzene rings is 2. The number of ether oxygens (including phenoxy) is 1. The van der Waals surface area contributed by atoms with Crippen molar-refractivity contribution in [1.29, 1.82) is 0 Å². The summed E-state index contributed by atoms with van der Waals surface area (Å²) >= 11 is 3.43. The van der Waals surface area contributed by atoms with Crippen molar-refractivity contribution in [3.05, 3.63) is 63.6 Å². The van der Waals surface area contributed by atoms with Gasteiger partial charge in [0.05, 0.1) is 0 Å². The van der Waals surface area contributed by atoms with E-state index in [1.54, 1.807) is 11.8 Å². The van der Waals surface area contributed by atoms with E-state index >= 15 is 0 Å². The minimum atomic E-state index is -0.613. The number of carbonyl (C=O) groups is 2. The predicted octanol–water partition coefficient (Wildman–Crippen LogP) is 4.78. The molecule has 2 atom stereocenters. The van der Waals surface area contributed by atoms with E-state index in [-0.39, 0.29) is 24.5 Å². The summed E-state index contributed by atoms with van der Waals surface area (Å²) in [6.45, 7) is 9.90. The Kier molecular flexibility index (Phi) is 8.90. The molecule has 1 N–H and O–H groups in total. The SMILES string of the molecule is CC[C@@H](C)NC(=O)[C@H](C)N(Cc1ccc(Br)cc1)C(=O)COc1cc(C)cc(C)c1.